The van der Waals surface area contributed by atoms with Crippen LogP contribution < -0.4 is 10.1 Å². The molecule has 9 heteroatoms. The van der Waals surface area contributed by atoms with E-state index in [0.717, 1.165) is 6.07 Å². The summed E-state index contributed by atoms with van der Waals surface area (Å²) in [7, 11) is -0.778. The van der Waals surface area contributed by atoms with Gasteiger partial charge in [0.25, 0.3) is 15.7 Å². The number of rotatable bonds is 6. The third-order valence-corrected chi connectivity index (χ3v) is 3.63. The molecule has 106 valence electrons. The van der Waals surface area contributed by atoms with Crippen molar-refractivity contribution in [2.45, 2.75) is 11.8 Å². The molecular weight excluding hydrogens is 272 g/mol. The SMILES string of the molecule is CCNc1ccc(S(=O)(=O)NN(C)C)cc1[N+](=O)[O-]. The van der Waals surface area contributed by atoms with Gasteiger partial charge < -0.3 is 5.32 Å². The van der Waals surface area contributed by atoms with Gasteiger partial charge >= 0.3 is 0 Å². The number of sulfonamides is 1. The van der Waals surface area contributed by atoms with Gasteiger partial charge in [0.2, 0.25) is 0 Å². The number of hydrogen-bond acceptors (Lipinski definition) is 6. The summed E-state index contributed by atoms with van der Waals surface area (Å²) >= 11 is 0. The molecule has 2 N–H and O–H groups in total. The van der Waals surface area contributed by atoms with Crippen LogP contribution >= 0.6 is 0 Å². The fraction of sp³-hybridized carbons (Fsp3) is 0.400. The van der Waals surface area contributed by atoms with Crippen molar-refractivity contribution in [2.24, 2.45) is 0 Å². The first-order valence-electron chi connectivity index (χ1n) is 5.50. The summed E-state index contributed by atoms with van der Waals surface area (Å²) in [6.45, 7) is 2.30. The van der Waals surface area contributed by atoms with Crippen LogP contribution in [0.1, 0.15) is 6.92 Å². The largest absolute Gasteiger partial charge is 0.380 e. The summed E-state index contributed by atoms with van der Waals surface area (Å²) in [5.74, 6) is 0. The normalized spacial score (nSPS) is 11.6. The maximum Gasteiger partial charge on any atom is 0.293 e. The van der Waals surface area contributed by atoms with E-state index in [9.17, 15) is 18.5 Å². The zero-order valence-electron chi connectivity index (χ0n) is 10.9. The van der Waals surface area contributed by atoms with Gasteiger partial charge in [-0.05, 0) is 19.1 Å². The minimum Gasteiger partial charge on any atom is -0.380 e. The first-order chi connectivity index (χ1) is 8.77. The van der Waals surface area contributed by atoms with Crippen molar-refractivity contribution in [1.29, 1.82) is 0 Å². The third kappa shape index (κ3) is 3.88. The Morgan fingerprint density at radius 2 is 2.00 bits per heavy atom. The number of nitro benzene ring substituents is 1. The number of nitrogens with zero attached hydrogens (tertiary/aromatic N) is 2. The van der Waals surface area contributed by atoms with Gasteiger partial charge in [-0.1, -0.05) is 0 Å². The van der Waals surface area contributed by atoms with Crippen LogP contribution in [0.3, 0.4) is 0 Å². The number of anilines is 1. The second kappa shape index (κ2) is 5.95. The molecule has 0 unspecified atom stereocenters. The summed E-state index contributed by atoms with van der Waals surface area (Å²) < 4.78 is 23.8. The van der Waals surface area contributed by atoms with Gasteiger partial charge in [0.15, 0.2) is 0 Å². The Morgan fingerprint density at radius 3 is 2.47 bits per heavy atom. The number of nitro groups is 1. The summed E-state index contributed by atoms with van der Waals surface area (Å²) in [4.78, 5) is 12.4. The van der Waals surface area contributed by atoms with Crippen LogP contribution in [0.4, 0.5) is 11.4 Å². The van der Waals surface area contributed by atoms with Gasteiger partial charge in [-0.25, -0.2) is 13.4 Å². The first kappa shape index (κ1) is 15.3. The minimum absolute atomic E-state index is 0.158. The Bertz CT molecular complexity index is 571. The topological polar surface area (TPSA) is 105 Å². The van der Waals surface area contributed by atoms with Crippen molar-refractivity contribution in [3.63, 3.8) is 0 Å². The first-order valence-corrected chi connectivity index (χ1v) is 6.98. The number of hydrazine groups is 1. The van der Waals surface area contributed by atoms with Crippen molar-refractivity contribution in [1.82, 2.24) is 9.84 Å². The Kier molecular flexibility index (Phi) is 4.81. The van der Waals surface area contributed by atoms with Gasteiger partial charge in [-0.2, -0.15) is 0 Å². The Labute approximate surface area is 111 Å². The molecule has 0 fully saturated rings. The molecule has 19 heavy (non-hydrogen) atoms. The van der Waals surface area contributed by atoms with Gasteiger partial charge in [-0.15, -0.1) is 4.83 Å². The lowest BCUT2D eigenvalue weighted by Gasteiger charge is -2.13. The lowest BCUT2D eigenvalue weighted by Crippen LogP contribution is -2.36. The van der Waals surface area contributed by atoms with E-state index >= 15 is 0 Å². The monoisotopic (exact) mass is 288 g/mol. The fourth-order valence-corrected chi connectivity index (χ4v) is 2.56. The smallest absolute Gasteiger partial charge is 0.293 e. The van der Waals surface area contributed by atoms with Crippen molar-refractivity contribution in [2.75, 3.05) is 26.0 Å². The molecule has 0 aliphatic carbocycles. The van der Waals surface area contributed by atoms with E-state index in [0.29, 0.717) is 6.54 Å². The lowest BCUT2D eigenvalue weighted by molar-refractivity contribution is -0.384. The Balaban J connectivity index is 3.26. The second-order valence-electron chi connectivity index (χ2n) is 3.96. The molecule has 1 rings (SSSR count). The van der Waals surface area contributed by atoms with E-state index in [-0.39, 0.29) is 16.3 Å². The van der Waals surface area contributed by atoms with E-state index in [1.54, 1.807) is 6.92 Å². The van der Waals surface area contributed by atoms with Crippen LogP contribution in [-0.4, -0.2) is 39.0 Å². The minimum atomic E-state index is -3.80. The fourth-order valence-electron chi connectivity index (χ4n) is 1.46. The highest BCUT2D eigenvalue weighted by atomic mass is 32.2. The maximum absolute atomic E-state index is 11.9. The second-order valence-corrected chi connectivity index (χ2v) is 5.62. The summed E-state index contributed by atoms with van der Waals surface area (Å²) in [5.41, 5.74) is 0.0137. The van der Waals surface area contributed by atoms with E-state index in [4.69, 9.17) is 0 Å². The molecule has 8 nitrogen and oxygen atoms in total. The van der Waals surface area contributed by atoms with Crippen LogP contribution in [0.2, 0.25) is 0 Å². The van der Waals surface area contributed by atoms with Gasteiger partial charge in [0.05, 0.1) is 9.82 Å². The molecule has 0 bridgehead atoms. The zero-order chi connectivity index (χ0) is 14.6. The van der Waals surface area contributed by atoms with Crippen LogP contribution in [0.5, 0.6) is 0 Å². The zero-order valence-corrected chi connectivity index (χ0v) is 11.7. The summed E-state index contributed by atoms with van der Waals surface area (Å²) in [6.07, 6.45) is 0. The van der Waals surface area contributed by atoms with Gasteiger partial charge in [0.1, 0.15) is 5.69 Å². The predicted molar refractivity (Wildman–Crippen MR) is 71.3 cm³/mol. The number of hydrogen-bond donors (Lipinski definition) is 2. The third-order valence-electron chi connectivity index (χ3n) is 2.15. The molecule has 0 saturated carbocycles. The molecule has 0 radical (unpaired) electrons. The molecule has 0 aliphatic rings. The standard InChI is InChI=1S/C10H16N4O4S/c1-4-11-9-6-5-8(7-10(9)14(15)16)19(17,18)12-13(2)3/h5-7,11-12H,4H2,1-3H3. The van der Waals surface area contributed by atoms with E-state index < -0.39 is 14.9 Å². The number of benzene rings is 1. The summed E-state index contributed by atoms with van der Waals surface area (Å²) in [5, 5.41) is 15.0. The maximum atomic E-state index is 11.9. The predicted octanol–water partition coefficient (Wildman–Crippen LogP) is 0.781. The van der Waals surface area contributed by atoms with Crippen LogP contribution in [-0.2, 0) is 10.0 Å². The molecule has 0 amide bonds. The average Bonchev–Trinajstić information content (AvgIpc) is 2.27. The highest BCUT2D eigenvalue weighted by Crippen LogP contribution is 2.27. The van der Waals surface area contributed by atoms with Gasteiger partial charge in [0, 0.05) is 26.7 Å². The van der Waals surface area contributed by atoms with E-state index in [1.807, 2.05) is 0 Å². The number of nitrogens with one attached hydrogen (secondary N) is 2. The Morgan fingerprint density at radius 1 is 1.37 bits per heavy atom. The van der Waals surface area contributed by atoms with Crippen LogP contribution in [0.25, 0.3) is 0 Å². The Hall–Kier alpha value is -1.71. The highest BCUT2D eigenvalue weighted by molar-refractivity contribution is 7.89. The van der Waals surface area contributed by atoms with Crippen molar-refractivity contribution in [3.05, 3.63) is 28.3 Å². The van der Waals surface area contributed by atoms with Crippen molar-refractivity contribution < 1.29 is 13.3 Å². The molecule has 0 heterocycles. The van der Waals surface area contributed by atoms with Crippen LogP contribution in [0, 0.1) is 10.1 Å². The molecule has 1 aromatic carbocycles. The molecule has 0 aliphatic heterocycles. The molecule has 0 aromatic heterocycles. The van der Waals surface area contributed by atoms with Crippen LogP contribution in [0.15, 0.2) is 23.1 Å². The molecule has 0 spiro atoms. The van der Waals surface area contributed by atoms with Crippen molar-refractivity contribution in [3.8, 4) is 0 Å². The van der Waals surface area contributed by atoms with E-state index in [1.165, 1.54) is 31.2 Å². The molecular formula is C10H16N4O4S. The average molecular weight is 288 g/mol. The quantitative estimate of drug-likeness (QED) is 0.592. The molecule has 0 atom stereocenters. The van der Waals surface area contributed by atoms with Gasteiger partial charge in [-0.3, -0.25) is 10.1 Å². The summed E-state index contributed by atoms with van der Waals surface area (Å²) in [6, 6.07) is 3.73. The highest BCUT2D eigenvalue weighted by Gasteiger charge is 2.21. The van der Waals surface area contributed by atoms with Crippen molar-refractivity contribution >= 4 is 21.4 Å². The molecule has 1 aromatic rings. The van der Waals surface area contributed by atoms with E-state index in [2.05, 4.69) is 10.1 Å². The lowest BCUT2D eigenvalue weighted by atomic mass is 10.2. The molecule has 0 saturated heterocycles.